The first-order valence-electron chi connectivity index (χ1n) is 8.50. The molecule has 2 saturated heterocycles. The summed E-state index contributed by atoms with van der Waals surface area (Å²) in [5.41, 5.74) is 1.56. The van der Waals surface area contributed by atoms with Gasteiger partial charge in [0.05, 0.1) is 13.2 Å². The van der Waals surface area contributed by atoms with Crippen molar-refractivity contribution in [3.05, 3.63) is 28.8 Å². The van der Waals surface area contributed by atoms with Crippen LogP contribution in [0, 0.1) is 6.92 Å². The molecule has 1 spiro atoms. The van der Waals surface area contributed by atoms with Gasteiger partial charge in [0.25, 0.3) is 0 Å². The fourth-order valence-electron chi connectivity index (χ4n) is 3.25. The minimum atomic E-state index is -0.512. The van der Waals surface area contributed by atoms with E-state index < -0.39 is 5.79 Å². The molecule has 0 N–H and O–H groups in total. The van der Waals surface area contributed by atoms with E-state index in [1.165, 1.54) is 11.8 Å². The van der Waals surface area contributed by atoms with Crippen molar-refractivity contribution in [3.8, 4) is 0 Å². The molecule has 0 radical (unpaired) electrons. The molecule has 2 aliphatic rings. The van der Waals surface area contributed by atoms with Gasteiger partial charge in [-0.2, -0.15) is 0 Å². The van der Waals surface area contributed by atoms with Crippen LogP contribution >= 0.6 is 11.6 Å². The number of ether oxygens (including phenoxy) is 2. The largest absolute Gasteiger partial charge is 0.347 e. The molecule has 2 fully saturated rings. The molecule has 0 aromatic heterocycles. The highest BCUT2D eigenvalue weighted by atomic mass is 35.5. The maximum absolute atomic E-state index is 12.7. The van der Waals surface area contributed by atoms with E-state index in [1.54, 1.807) is 17.0 Å². The predicted molar refractivity (Wildman–Crippen MR) is 94.7 cm³/mol. The van der Waals surface area contributed by atoms with Gasteiger partial charge in [0.15, 0.2) is 5.79 Å². The van der Waals surface area contributed by atoms with Crippen molar-refractivity contribution < 1.29 is 19.1 Å². The van der Waals surface area contributed by atoms with Crippen molar-refractivity contribution in [2.45, 2.75) is 32.5 Å². The number of likely N-dealkylation sites (tertiary alicyclic amines) is 1. The summed E-state index contributed by atoms with van der Waals surface area (Å²) in [6.45, 7) is 5.71. The van der Waals surface area contributed by atoms with E-state index in [4.69, 9.17) is 21.1 Å². The lowest BCUT2D eigenvalue weighted by molar-refractivity contribution is -0.187. The van der Waals surface area contributed by atoms with Crippen LogP contribution in [0.3, 0.4) is 0 Å². The second-order valence-electron chi connectivity index (χ2n) is 6.53. The van der Waals surface area contributed by atoms with E-state index in [-0.39, 0.29) is 18.4 Å². The number of nitrogens with zero attached hydrogens (tertiary/aromatic N) is 2. The van der Waals surface area contributed by atoms with Gasteiger partial charge in [-0.1, -0.05) is 17.7 Å². The molecule has 2 heterocycles. The van der Waals surface area contributed by atoms with Gasteiger partial charge in [0.2, 0.25) is 11.8 Å². The zero-order chi connectivity index (χ0) is 18.0. The summed E-state index contributed by atoms with van der Waals surface area (Å²) in [5.74, 6) is -0.786. The Hall–Kier alpha value is -1.63. The minimum Gasteiger partial charge on any atom is -0.347 e. The lowest BCUT2D eigenvalue weighted by Crippen LogP contribution is -2.50. The number of rotatable bonds is 3. The molecular formula is C18H23ClN2O4. The van der Waals surface area contributed by atoms with Crippen molar-refractivity contribution in [1.29, 1.82) is 0 Å². The van der Waals surface area contributed by atoms with Crippen LogP contribution in [0.15, 0.2) is 18.2 Å². The first-order chi connectivity index (χ1) is 11.9. The second kappa shape index (κ2) is 7.32. The molecule has 0 atom stereocenters. The van der Waals surface area contributed by atoms with E-state index in [1.807, 2.05) is 13.0 Å². The Balaban J connectivity index is 1.65. The van der Waals surface area contributed by atoms with E-state index >= 15 is 0 Å². The van der Waals surface area contributed by atoms with E-state index in [9.17, 15) is 9.59 Å². The number of carbonyl (C=O) groups excluding carboxylic acids is 2. The van der Waals surface area contributed by atoms with Gasteiger partial charge in [-0.15, -0.1) is 0 Å². The van der Waals surface area contributed by atoms with E-state index in [0.717, 1.165) is 5.56 Å². The Kier molecular flexibility index (Phi) is 5.32. The first-order valence-corrected chi connectivity index (χ1v) is 8.88. The average molecular weight is 367 g/mol. The van der Waals surface area contributed by atoms with Crippen molar-refractivity contribution in [1.82, 2.24) is 4.90 Å². The standard InChI is InChI=1S/C18H23ClN2O4/c1-13-3-4-15(11-16(13)19)21(14(2)22)12-17(23)20-7-5-18(6-8-20)24-9-10-25-18/h3-4,11H,5-10,12H2,1-2H3. The van der Waals surface area contributed by atoms with Crippen molar-refractivity contribution >= 4 is 29.1 Å². The van der Waals surface area contributed by atoms with Crippen LogP contribution in [0.25, 0.3) is 0 Å². The molecule has 2 amide bonds. The molecule has 0 bridgehead atoms. The topological polar surface area (TPSA) is 59.1 Å². The maximum Gasteiger partial charge on any atom is 0.242 e. The number of carbonyl (C=O) groups is 2. The number of piperidine rings is 1. The molecule has 25 heavy (non-hydrogen) atoms. The highest BCUT2D eigenvalue weighted by molar-refractivity contribution is 6.31. The van der Waals surface area contributed by atoms with Gasteiger partial charge in [0.1, 0.15) is 6.54 Å². The molecule has 0 saturated carbocycles. The van der Waals surface area contributed by atoms with Gasteiger partial charge in [-0.25, -0.2) is 0 Å². The number of hydrogen-bond acceptors (Lipinski definition) is 4. The third kappa shape index (κ3) is 3.97. The van der Waals surface area contributed by atoms with Crippen LogP contribution in [0.1, 0.15) is 25.3 Å². The highest BCUT2D eigenvalue weighted by Gasteiger charge is 2.40. The Morgan fingerprint density at radius 3 is 2.44 bits per heavy atom. The summed E-state index contributed by atoms with van der Waals surface area (Å²) in [6, 6.07) is 5.37. The van der Waals surface area contributed by atoms with Crippen LogP contribution in [0.2, 0.25) is 5.02 Å². The summed E-state index contributed by atoms with van der Waals surface area (Å²) >= 11 is 6.16. The van der Waals surface area contributed by atoms with Crippen molar-refractivity contribution in [2.75, 3.05) is 37.7 Å². The number of aryl methyl sites for hydroxylation is 1. The average Bonchev–Trinajstić information content (AvgIpc) is 3.03. The molecule has 2 aliphatic heterocycles. The third-order valence-corrected chi connectivity index (χ3v) is 5.24. The molecule has 0 unspecified atom stereocenters. The van der Waals surface area contributed by atoms with Gasteiger partial charge >= 0.3 is 0 Å². The highest BCUT2D eigenvalue weighted by Crippen LogP contribution is 2.31. The molecule has 1 aromatic carbocycles. The number of anilines is 1. The van der Waals surface area contributed by atoms with Gasteiger partial charge < -0.3 is 19.3 Å². The summed E-state index contributed by atoms with van der Waals surface area (Å²) in [5, 5.41) is 0.576. The van der Waals surface area contributed by atoms with Crippen LogP contribution in [-0.4, -0.2) is 55.3 Å². The van der Waals surface area contributed by atoms with Crippen molar-refractivity contribution in [3.63, 3.8) is 0 Å². The minimum absolute atomic E-state index is 0.00341. The van der Waals surface area contributed by atoms with Gasteiger partial charge in [-0.3, -0.25) is 9.59 Å². The van der Waals surface area contributed by atoms with Crippen LogP contribution in [-0.2, 0) is 19.1 Å². The Bertz CT molecular complexity index is 663. The Morgan fingerprint density at radius 1 is 1.24 bits per heavy atom. The number of amides is 2. The fourth-order valence-corrected chi connectivity index (χ4v) is 3.43. The van der Waals surface area contributed by atoms with Crippen molar-refractivity contribution in [2.24, 2.45) is 0 Å². The quantitative estimate of drug-likeness (QED) is 0.824. The molecule has 0 aliphatic carbocycles. The number of halogens is 1. The SMILES string of the molecule is CC(=O)N(CC(=O)N1CCC2(CC1)OCCO2)c1ccc(C)c(Cl)c1. The summed E-state index contributed by atoms with van der Waals surface area (Å²) in [4.78, 5) is 27.9. The molecule has 1 aromatic rings. The van der Waals surface area contributed by atoms with Crippen LogP contribution in [0.4, 0.5) is 5.69 Å². The Labute approximate surface area is 152 Å². The summed E-state index contributed by atoms with van der Waals surface area (Å²) < 4.78 is 11.4. The maximum atomic E-state index is 12.7. The van der Waals surface area contributed by atoms with E-state index in [2.05, 4.69) is 0 Å². The van der Waals surface area contributed by atoms with Gasteiger partial charge in [0, 0.05) is 43.6 Å². The number of benzene rings is 1. The normalized spacial score (nSPS) is 19.2. The smallest absolute Gasteiger partial charge is 0.242 e. The fraction of sp³-hybridized carbons (Fsp3) is 0.556. The van der Waals surface area contributed by atoms with E-state index in [0.29, 0.717) is 49.9 Å². The number of hydrogen-bond donors (Lipinski definition) is 0. The molecule has 7 heteroatoms. The first kappa shape index (κ1) is 18.2. The lowest BCUT2D eigenvalue weighted by Gasteiger charge is -2.38. The molecular weight excluding hydrogens is 344 g/mol. The summed E-state index contributed by atoms with van der Waals surface area (Å²) in [6.07, 6.45) is 1.32. The van der Waals surface area contributed by atoms with Crippen LogP contribution in [0.5, 0.6) is 0 Å². The van der Waals surface area contributed by atoms with Gasteiger partial charge in [-0.05, 0) is 24.6 Å². The second-order valence-corrected chi connectivity index (χ2v) is 6.93. The molecule has 3 rings (SSSR count). The Morgan fingerprint density at radius 2 is 1.88 bits per heavy atom. The predicted octanol–water partition coefficient (Wildman–Crippen LogP) is 2.37. The zero-order valence-electron chi connectivity index (χ0n) is 14.6. The lowest BCUT2D eigenvalue weighted by atomic mass is 10.0. The molecule has 6 nitrogen and oxygen atoms in total. The monoisotopic (exact) mass is 366 g/mol. The van der Waals surface area contributed by atoms with Crippen LogP contribution < -0.4 is 4.90 Å². The summed E-state index contributed by atoms with van der Waals surface area (Å²) in [7, 11) is 0. The third-order valence-electron chi connectivity index (χ3n) is 4.83. The zero-order valence-corrected chi connectivity index (χ0v) is 15.3. The molecule has 136 valence electrons.